The van der Waals surface area contributed by atoms with Crippen molar-refractivity contribution in [3.63, 3.8) is 0 Å². The molecule has 4 heterocycles. The fourth-order valence-corrected chi connectivity index (χ4v) is 5.17. The normalized spacial score (nSPS) is 11.9. The number of anilines is 1. The predicted molar refractivity (Wildman–Crippen MR) is 126 cm³/mol. The number of halogens is 7. The van der Waals surface area contributed by atoms with Gasteiger partial charge in [-0.15, -0.1) is 11.3 Å². The van der Waals surface area contributed by atoms with E-state index in [9.17, 15) is 35.9 Å². The van der Waals surface area contributed by atoms with E-state index in [2.05, 4.69) is 20.5 Å². The Kier molecular flexibility index (Phi) is 7.38. The molecule has 38 heavy (non-hydrogen) atoms. The number of hydrogen-bond donors (Lipinski definition) is 2. The van der Waals surface area contributed by atoms with Crippen molar-refractivity contribution in [3.8, 4) is 11.1 Å². The van der Waals surface area contributed by atoms with Crippen LogP contribution in [0.25, 0.3) is 21.3 Å². The molecule has 0 fully saturated rings. The van der Waals surface area contributed by atoms with Crippen LogP contribution in [0.1, 0.15) is 51.7 Å². The minimum absolute atomic E-state index is 0.0681. The Morgan fingerprint density at radius 2 is 1.79 bits per heavy atom. The summed E-state index contributed by atoms with van der Waals surface area (Å²) in [5, 5.41) is 8.95. The number of pyridine rings is 1. The number of primary amides is 1. The van der Waals surface area contributed by atoms with Crippen molar-refractivity contribution in [2.45, 2.75) is 32.7 Å². The van der Waals surface area contributed by atoms with Crippen LogP contribution in [-0.2, 0) is 18.4 Å². The molecule has 202 valence electrons. The third kappa shape index (κ3) is 4.92. The number of rotatable bonds is 8. The summed E-state index contributed by atoms with van der Waals surface area (Å²) in [4.78, 5) is 28.7. The zero-order valence-corrected chi connectivity index (χ0v) is 20.9. The van der Waals surface area contributed by atoms with E-state index in [4.69, 9.17) is 17.3 Å². The molecule has 0 bridgehead atoms. The number of aromatic nitrogens is 5. The number of carbonyl (C=O) groups is 2. The van der Waals surface area contributed by atoms with Crippen molar-refractivity contribution in [1.29, 1.82) is 0 Å². The topological polar surface area (TPSA) is 121 Å². The van der Waals surface area contributed by atoms with E-state index in [0.29, 0.717) is 27.3 Å². The fourth-order valence-electron chi connectivity index (χ4n) is 3.85. The van der Waals surface area contributed by atoms with Gasteiger partial charge in [0.05, 0.1) is 16.4 Å². The molecule has 4 aromatic heterocycles. The average molecular weight is 580 g/mol. The quantitative estimate of drug-likeness (QED) is 0.271. The second-order valence-electron chi connectivity index (χ2n) is 7.94. The predicted octanol–water partition coefficient (Wildman–Crippen LogP) is 5.41. The Hall–Kier alpha value is -3.66. The zero-order valence-electron chi connectivity index (χ0n) is 19.3. The van der Waals surface area contributed by atoms with Crippen LogP contribution >= 0.6 is 22.9 Å². The minimum atomic E-state index is -3.34. The molecular formula is C21H16ClF6N7O2S. The molecule has 0 unspecified atom stereocenters. The number of nitrogens with one attached hydrogen (secondary N) is 1. The van der Waals surface area contributed by atoms with E-state index < -0.39 is 59.7 Å². The van der Waals surface area contributed by atoms with Crippen molar-refractivity contribution < 1.29 is 35.9 Å². The first-order valence-corrected chi connectivity index (χ1v) is 11.7. The number of aryl methyl sites for hydroxylation is 2. The van der Waals surface area contributed by atoms with Gasteiger partial charge in [0.2, 0.25) is 5.91 Å². The highest BCUT2D eigenvalue weighted by atomic mass is 35.5. The van der Waals surface area contributed by atoms with Gasteiger partial charge in [0, 0.05) is 24.2 Å². The lowest BCUT2D eigenvalue weighted by Crippen LogP contribution is -2.23. The molecule has 3 N–H and O–H groups in total. The number of amides is 2. The number of carbonyl (C=O) groups excluding carboxylic acids is 2. The highest BCUT2D eigenvalue weighted by molar-refractivity contribution is 7.21. The molecule has 0 saturated heterocycles. The van der Waals surface area contributed by atoms with Gasteiger partial charge in [-0.25, -0.2) is 31.3 Å². The highest BCUT2D eigenvalue weighted by Gasteiger charge is 2.30. The molecule has 0 aliphatic carbocycles. The minimum Gasteiger partial charge on any atom is -0.365 e. The van der Waals surface area contributed by atoms with Gasteiger partial charge in [-0.3, -0.25) is 19.0 Å². The van der Waals surface area contributed by atoms with Crippen molar-refractivity contribution in [2.75, 3.05) is 5.32 Å². The molecular weight excluding hydrogens is 564 g/mol. The molecule has 0 spiro atoms. The van der Waals surface area contributed by atoms with E-state index in [1.54, 1.807) is 14.0 Å². The van der Waals surface area contributed by atoms with Crippen LogP contribution in [0.3, 0.4) is 0 Å². The van der Waals surface area contributed by atoms with Gasteiger partial charge in [-0.1, -0.05) is 11.6 Å². The van der Waals surface area contributed by atoms with Crippen molar-refractivity contribution in [3.05, 3.63) is 44.9 Å². The Bertz CT molecular complexity index is 1570. The lowest BCUT2D eigenvalue weighted by Gasteiger charge is -2.11. The number of hydrogen-bond acceptors (Lipinski definition) is 6. The lowest BCUT2D eigenvalue weighted by molar-refractivity contribution is -0.117. The molecule has 0 aliphatic heterocycles. The van der Waals surface area contributed by atoms with Crippen LogP contribution in [-0.4, -0.2) is 36.4 Å². The van der Waals surface area contributed by atoms with Crippen LogP contribution in [0, 0.1) is 6.92 Å². The molecule has 2 amide bonds. The molecule has 4 aromatic rings. The monoisotopic (exact) mass is 579 g/mol. The SMILES string of the molecule is Cc1nn(C)cc1-c1cc(C(F)F)nc2sc(C(N)=O)c(NC(=O)Cn3nc(C(F)F)c(Cl)c3C(F)F)c12. The summed E-state index contributed by atoms with van der Waals surface area (Å²) in [6.07, 6.45) is -8.07. The van der Waals surface area contributed by atoms with Crippen LogP contribution in [0.2, 0.25) is 5.02 Å². The molecule has 0 aromatic carbocycles. The average Bonchev–Trinajstić information content (AvgIpc) is 3.45. The number of nitrogens with zero attached hydrogens (tertiary/aromatic N) is 5. The van der Waals surface area contributed by atoms with Crippen molar-refractivity contribution in [1.82, 2.24) is 24.5 Å². The first kappa shape index (κ1) is 27.4. The standard InChI is InChI=1S/C21H16ClF6N7O2S/c1-6-8(4-34(2)32-6)7-3-9(17(23)24)30-21-11(7)13(16(38-21)20(29)37)31-10(36)5-35-15(19(27)28)12(22)14(33-35)18(25)26/h3-4,17-19H,5H2,1-2H3,(H2,29,37)(H,31,36). The maximum absolute atomic E-state index is 13.6. The number of thiophene rings is 1. The van der Waals surface area contributed by atoms with Gasteiger partial charge >= 0.3 is 0 Å². The van der Waals surface area contributed by atoms with Crippen molar-refractivity contribution >= 4 is 50.7 Å². The van der Waals surface area contributed by atoms with E-state index in [0.717, 1.165) is 6.07 Å². The van der Waals surface area contributed by atoms with Gasteiger partial charge in [0.25, 0.3) is 25.2 Å². The van der Waals surface area contributed by atoms with Crippen LogP contribution in [0.5, 0.6) is 0 Å². The first-order valence-electron chi connectivity index (χ1n) is 10.5. The number of alkyl halides is 6. The molecule has 0 atom stereocenters. The third-order valence-electron chi connectivity index (χ3n) is 5.36. The van der Waals surface area contributed by atoms with Gasteiger partial charge in [-0.05, 0) is 18.6 Å². The first-order chi connectivity index (χ1) is 17.8. The summed E-state index contributed by atoms with van der Waals surface area (Å²) in [7, 11) is 1.59. The smallest absolute Gasteiger partial charge is 0.283 e. The summed E-state index contributed by atoms with van der Waals surface area (Å²) >= 11 is 6.25. The van der Waals surface area contributed by atoms with Crippen LogP contribution < -0.4 is 11.1 Å². The van der Waals surface area contributed by atoms with Gasteiger partial charge in [0.1, 0.15) is 33.3 Å². The summed E-state index contributed by atoms with van der Waals surface area (Å²) < 4.78 is 82.3. The largest absolute Gasteiger partial charge is 0.365 e. The third-order valence-corrected chi connectivity index (χ3v) is 6.85. The van der Waals surface area contributed by atoms with Gasteiger partial charge < -0.3 is 11.1 Å². The van der Waals surface area contributed by atoms with E-state index in [1.165, 1.54) is 10.9 Å². The van der Waals surface area contributed by atoms with E-state index in [-0.39, 0.29) is 26.3 Å². The molecule has 0 saturated carbocycles. The summed E-state index contributed by atoms with van der Waals surface area (Å²) in [6.45, 7) is 0.614. The Morgan fingerprint density at radius 1 is 1.11 bits per heavy atom. The van der Waals surface area contributed by atoms with E-state index >= 15 is 0 Å². The molecule has 17 heteroatoms. The Labute approximate surface area is 218 Å². The van der Waals surface area contributed by atoms with Crippen LogP contribution in [0.4, 0.5) is 32.0 Å². The Balaban J connectivity index is 1.86. The lowest BCUT2D eigenvalue weighted by atomic mass is 10.0. The maximum atomic E-state index is 13.6. The second-order valence-corrected chi connectivity index (χ2v) is 9.32. The summed E-state index contributed by atoms with van der Waals surface area (Å²) in [5.74, 6) is -2.10. The zero-order chi connectivity index (χ0) is 28.0. The molecule has 0 aliphatic rings. The van der Waals surface area contributed by atoms with Gasteiger partial charge in [-0.2, -0.15) is 10.2 Å². The maximum Gasteiger partial charge on any atom is 0.283 e. The highest BCUT2D eigenvalue weighted by Crippen LogP contribution is 2.43. The number of nitrogens with two attached hydrogens (primary N) is 1. The second kappa shape index (κ2) is 10.2. The summed E-state index contributed by atoms with van der Waals surface area (Å²) in [5.41, 5.74) is 3.34. The van der Waals surface area contributed by atoms with E-state index in [1.807, 2.05) is 0 Å². The Morgan fingerprint density at radius 3 is 2.32 bits per heavy atom. The fraction of sp³-hybridized carbons (Fsp3) is 0.286. The molecule has 9 nitrogen and oxygen atoms in total. The molecule has 0 radical (unpaired) electrons. The van der Waals surface area contributed by atoms with Crippen molar-refractivity contribution in [2.24, 2.45) is 12.8 Å². The summed E-state index contributed by atoms with van der Waals surface area (Å²) in [6, 6.07) is 1.07. The number of fused-ring (bicyclic) bond motifs is 1. The van der Waals surface area contributed by atoms with Gasteiger partial charge in [0.15, 0.2) is 0 Å². The molecule has 4 rings (SSSR count). The van der Waals surface area contributed by atoms with Crippen LogP contribution in [0.15, 0.2) is 12.3 Å².